The number of ketones is 1. The third-order valence-electron chi connectivity index (χ3n) is 2.68. The Morgan fingerprint density at radius 2 is 1.80 bits per heavy atom. The molecule has 0 saturated heterocycles. The van der Waals surface area contributed by atoms with Gasteiger partial charge in [0.1, 0.15) is 11.5 Å². The number of carbonyl (C=O) groups excluding carboxylic acids is 1. The molecule has 0 spiro atoms. The summed E-state index contributed by atoms with van der Waals surface area (Å²) in [5.74, 6) is 1.20. The second kappa shape index (κ2) is 6.59. The number of halogens is 1. The SMILES string of the molecule is COc1cccc(OC)c1C=CC(=O)c1ccc(Cl)s1. The molecule has 0 unspecified atom stereocenters. The van der Waals surface area contributed by atoms with Crippen molar-refractivity contribution in [1.82, 2.24) is 0 Å². The van der Waals surface area contributed by atoms with Gasteiger partial charge >= 0.3 is 0 Å². The highest BCUT2D eigenvalue weighted by atomic mass is 35.5. The summed E-state index contributed by atoms with van der Waals surface area (Å²) < 4.78 is 11.1. The molecule has 0 aliphatic heterocycles. The molecule has 104 valence electrons. The van der Waals surface area contributed by atoms with E-state index in [0.717, 1.165) is 5.56 Å². The number of ether oxygens (including phenoxy) is 2. The summed E-state index contributed by atoms with van der Waals surface area (Å²) in [6.45, 7) is 0. The van der Waals surface area contributed by atoms with Gasteiger partial charge in [0.15, 0.2) is 5.78 Å². The number of rotatable bonds is 5. The minimum Gasteiger partial charge on any atom is -0.496 e. The molecule has 20 heavy (non-hydrogen) atoms. The fourth-order valence-corrected chi connectivity index (χ4v) is 2.70. The van der Waals surface area contributed by atoms with Gasteiger partial charge < -0.3 is 9.47 Å². The number of carbonyl (C=O) groups is 1. The molecule has 5 heteroatoms. The molecule has 3 nitrogen and oxygen atoms in total. The van der Waals surface area contributed by atoms with E-state index in [0.29, 0.717) is 20.7 Å². The Bertz CT molecular complexity index is 624. The lowest BCUT2D eigenvalue weighted by Gasteiger charge is -2.09. The van der Waals surface area contributed by atoms with Crippen molar-refractivity contribution in [2.24, 2.45) is 0 Å². The second-order valence-corrected chi connectivity index (χ2v) is 5.59. The molecule has 0 bridgehead atoms. The molecule has 0 fully saturated rings. The molecule has 0 N–H and O–H groups in total. The first-order valence-electron chi connectivity index (χ1n) is 5.84. The van der Waals surface area contributed by atoms with Gasteiger partial charge in [0.25, 0.3) is 0 Å². The van der Waals surface area contributed by atoms with Crippen LogP contribution >= 0.6 is 22.9 Å². The predicted molar refractivity (Wildman–Crippen MR) is 82.2 cm³/mol. The van der Waals surface area contributed by atoms with Crippen LogP contribution in [0.5, 0.6) is 11.5 Å². The van der Waals surface area contributed by atoms with E-state index in [-0.39, 0.29) is 5.78 Å². The normalized spacial score (nSPS) is 10.8. The monoisotopic (exact) mass is 308 g/mol. The number of hydrogen-bond acceptors (Lipinski definition) is 4. The molecule has 0 atom stereocenters. The van der Waals surface area contributed by atoms with Crippen molar-refractivity contribution in [2.75, 3.05) is 14.2 Å². The van der Waals surface area contributed by atoms with Gasteiger partial charge in [-0.2, -0.15) is 0 Å². The van der Waals surface area contributed by atoms with Gasteiger partial charge in [-0.3, -0.25) is 4.79 Å². The minimum absolute atomic E-state index is 0.102. The second-order valence-electron chi connectivity index (χ2n) is 3.88. The largest absolute Gasteiger partial charge is 0.496 e. The molecule has 1 aromatic carbocycles. The minimum atomic E-state index is -0.102. The number of hydrogen-bond donors (Lipinski definition) is 0. The molecule has 0 amide bonds. The third-order valence-corrected chi connectivity index (χ3v) is 3.93. The van der Waals surface area contributed by atoms with Crippen LogP contribution in [0.1, 0.15) is 15.2 Å². The maximum atomic E-state index is 12.0. The van der Waals surface area contributed by atoms with Crippen LogP contribution in [-0.4, -0.2) is 20.0 Å². The van der Waals surface area contributed by atoms with Crippen LogP contribution in [0, 0.1) is 0 Å². The van der Waals surface area contributed by atoms with Gasteiger partial charge in [-0.25, -0.2) is 0 Å². The van der Waals surface area contributed by atoms with E-state index >= 15 is 0 Å². The first-order chi connectivity index (χ1) is 9.65. The molecule has 0 saturated carbocycles. The molecule has 2 aromatic rings. The molecule has 0 aliphatic carbocycles. The summed E-state index contributed by atoms with van der Waals surface area (Å²) in [6, 6.07) is 8.87. The zero-order valence-electron chi connectivity index (χ0n) is 11.1. The lowest BCUT2D eigenvalue weighted by atomic mass is 10.1. The standard InChI is InChI=1S/C15H13ClO3S/c1-18-12-4-3-5-13(19-2)10(12)6-7-11(17)14-8-9-15(16)20-14/h3-9H,1-2H3. The molecule has 0 radical (unpaired) electrons. The van der Waals surface area contributed by atoms with Gasteiger partial charge in [0.2, 0.25) is 0 Å². The molecule has 1 heterocycles. The molecule has 2 rings (SSSR count). The quantitative estimate of drug-likeness (QED) is 0.610. The van der Waals surface area contributed by atoms with Crippen molar-refractivity contribution in [1.29, 1.82) is 0 Å². The predicted octanol–water partition coefficient (Wildman–Crippen LogP) is 4.31. The smallest absolute Gasteiger partial charge is 0.195 e. The Labute approximate surface area is 126 Å². The van der Waals surface area contributed by atoms with Gasteiger partial charge in [-0.05, 0) is 36.4 Å². The topological polar surface area (TPSA) is 35.5 Å². The fraction of sp³-hybridized carbons (Fsp3) is 0.133. The van der Waals surface area contributed by atoms with Gasteiger partial charge in [0, 0.05) is 0 Å². The lowest BCUT2D eigenvalue weighted by Crippen LogP contribution is -1.93. The van der Waals surface area contributed by atoms with Crippen molar-refractivity contribution < 1.29 is 14.3 Å². The zero-order chi connectivity index (χ0) is 14.5. The van der Waals surface area contributed by atoms with E-state index in [4.69, 9.17) is 21.1 Å². The number of thiophene rings is 1. The van der Waals surface area contributed by atoms with Crippen molar-refractivity contribution in [3.05, 3.63) is 51.2 Å². The van der Waals surface area contributed by atoms with Crippen LogP contribution in [0.25, 0.3) is 6.08 Å². The Morgan fingerprint density at radius 3 is 2.30 bits per heavy atom. The van der Waals surface area contributed by atoms with Crippen LogP contribution in [0.2, 0.25) is 4.34 Å². The Hall–Kier alpha value is -1.78. The third kappa shape index (κ3) is 3.21. The summed E-state index contributed by atoms with van der Waals surface area (Å²) in [7, 11) is 3.15. The van der Waals surface area contributed by atoms with E-state index in [2.05, 4.69) is 0 Å². The van der Waals surface area contributed by atoms with E-state index in [9.17, 15) is 4.79 Å². The van der Waals surface area contributed by atoms with E-state index in [1.165, 1.54) is 17.4 Å². The fourth-order valence-electron chi connectivity index (χ4n) is 1.73. The number of benzene rings is 1. The van der Waals surface area contributed by atoms with Crippen molar-refractivity contribution in [2.45, 2.75) is 0 Å². The summed E-state index contributed by atoms with van der Waals surface area (Å²) >= 11 is 7.07. The van der Waals surface area contributed by atoms with E-state index in [1.54, 1.807) is 32.4 Å². The highest BCUT2D eigenvalue weighted by Crippen LogP contribution is 2.30. The first kappa shape index (κ1) is 14.6. The van der Waals surface area contributed by atoms with Crippen LogP contribution in [-0.2, 0) is 0 Å². The number of methoxy groups -OCH3 is 2. The van der Waals surface area contributed by atoms with Crippen molar-refractivity contribution in [3.8, 4) is 11.5 Å². The Kier molecular flexibility index (Phi) is 4.82. The van der Waals surface area contributed by atoms with Crippen LogP contribution in [0.3, 0.4) is 0 Å². The van der Waals surface area contributed by atoms with Gasteiger partial charge in [-0.15, -0.1) is 11.3 Å². The zero-order valence-corrected chi connectivity index (χ0v) is 12.6. The van der Waals surface area contributed by atoms with Crippen LogP contribution in [0.4, 0.5) is 0 Å². The maximum Gasteiger partial charge on any atom is 0.195 e. The van der Waals surface area contributed by atoms with Gasteiger partial charge in [-0.1, -0.05) is 17.7 Å². The van der Waals surface area contributed by atoms with Crippen molar-refractivity contribution in [3.63, 3.8) is 0 Å². The Balaban J connectivity index is 2.29. The lowest BCUT2D eigenvalue weighted by molar-refractivity contribution is 0.105. The first-order valence-corrected chi connectivity index (χ1v) is 7.04. The molecular formula is C15H13ClO3S. The molecular weight excluding hydrogens is 296 g/mol. The van der Waals surface area contributed by atoms with E-state index < -0.39 is 0 Å². The maximum absolute atomic E-state index is 12.0. The van der Waals surface area contributed by atoms with E-state index in [1.807, 2.05) is 18.2 Å². The average molecular weight is 309 g/mol. The number of allylic oxidation sites excluding steroid dienone is 1. The highest BCUT2D eigenvalue weighted by molar-refractivity contribution is 7.18. The summed E-state index contributed by atoms with van der Waals surface area (Å²) in [5, 5.41) is 0. The van der Waals surface area contributed by atoms with Crippen LogP contribution < -0.4 is 9.47 Å². The van der Waals surface area contributed by atoms with Gasteiger partial charge in [0.05, 0.1) is 29.0 Å². The Morgan fingerprint density at radius 1 is 1.15 bits per heavy atom. The molecule has 0 aliphatic rings. The highest BCUT2D eigenvalue weighted by Gasteiger charge is 2.09. The summed E-state index contributed by atoms with van der Waals surface area (Å²) in [6.07, 6.45) is 3.18. The summed E-state index contributed by atoms with van der Waals surface area (Å²) in [4.78, 5) is 12.6. The average Bonchev–Trinajstić information content (AvgIpc) is 2.90. The van der Waals surface area contributed by atoms with Crippen LogP contribution in [0.15, 0.2) is 36.4 Å². The summed E-state index contributed by atoms with van der Waals surface area (Å²) in [5.41, 5.74) is 0.730. The van der Waals surface area contributed by atoms with Crippen molar-refractivity contribution >= 4 is 34.8 Å². The molecule has 1 aromatic heterocycles.